The lowest BCUT2D eigenvalue weighted by molar-refractivity contribution is 0.183. The van der Waals surface area contributed by atoms with Crippen molar-refractivity contribution in [2.24, 2.45) is 0 Å². The molecule has 6 heteroatoms. The highest BCUT2D eigenvalue weighted by Gasteiger charge is 1.99. The second kappa shape index (κ2) is 5.31. The van der Waals surface area contributed by atoms with Gasteiger partial charge in [-0.2, -0.15) is 5.10 Å². The molecule has 2 rings (SSSR count). The average Bonchev–Trinajstić information content (AvgIpc) is 2.77. The summed E-state index contributed by atoms with van der Waals surface area (Å²) in [5.41, 5.74) is 7.09. The van der Waals surface area contributed by atoms with Crippen molar-refractivity contribution >= 4 is 17.2 Å². The number of nitrogen functional groups attached to an aromatic ring is 1. The minimum atomic E-state index is 0.640. The molecule has 6 nitrogen and oxygen atoms in total. The van der Waals surface area contributed by atoms with Gasteiger partial charge in [0.2, 0.25) is 0 Å². The number of hydrogen-bond acceptors (Lipinski definition) is 5. The van der Waals surface area contributed by atoms with E-state index in [0.717, 1.165) is 18.1 Å². The number of aromatic nitrogens is 3. The van der Waals surface area contributed by atoms with Crippen LogP contribution in [-0.2, 0) is 11.3 Å². The fourth-order valence-electron chi connectivity index (χ4n) is 1.36. The quantitative estimate of drug-likeness (QED) is 0.812. The normalized spacial score (nSPS) is 10.4. The number of ether oxygens (including phenoxy) is 1. The fourth-order valence-corrected chi connectivity index (χ4v) is 1.36. The summed E-state index contributed by atoms with van der Waals surface area (Å²) < 4.78 is 6.79. The van der Waals surface area contributed by atoms with Crippen molar-refractivity contribution in [1.82, 2.24) is 14.8 Å². The molecule has 0 saturated carbocycles. The van der Waals surface area contributed by atoms with Crippen molar-refractivity contribution in [1.29, 1.82) is 0 Å². The number of methoxy groups -OCH3 is 1. The summed E-state index contributed by atoms with van der Waals surface area (Å²) in [4.78, 5) is 4.15. The Morgan fingerprint density at radius 1 is 1.41 bits per heavy atom. The first-order chi connectivity index (χ1) is 8.28. The Balaban J connectivity index is 1.98. The number of rotatable bonds is 5. The van der Waals surface area contributed by atoms with Gasteiger partial charge in [-0.1, -0.05) is 0 Å². The molecular formula is C11H15N5O. The number of nitrogens with one attached hydrogen (secondary N) is 1. The van der Waals surface area contributed by atoms with Crippen LogP contribution in [0.2, 0.25) is 0 Å². The standard InChI is InChI=1S/C11H15N5O/c1-17-5-4-16-8-10(7-14-16)15-11-3-2-9(12)6-13-11/h2-3,6-8H,4-5,12H2,1H3,(H,13,15). The lowest BCUT2D eigenvalue weighted by Gasteiger charge is -2.02. The molecule has 0 spiro atoms. The van der Waals surface area contributed by atoms with E-state index in [2.05, 4.69) is 15.4 Å². The zero-order chi connectivity index (χ0) is 12.1. The van der Waals surface area contributed by atoms with E-state index in [-0.39, 0.29) is 0 Å². The average molecular weight is 233 g/mol. The van der Waals surface area contributed by atoms with Crippen molar-refractivity contribution in [3.8, 4) is 0 Å². The third-order valence-electron chi connectivity index (χ3n) is 2.22. The minimum absolute atomic E-state index is 0.640. The van der Waals surface area contributed by atoms with E-state index in [0.29, 0.717) is 12.3 Å². The first-order valence-electron chi connectivity index (χ1n) is 5.28. The van der Waals surface area contributed by atoms with Crippen molar-refractivity contribution < 1.29 is 4.74 Å². The summed E-state index contributed by atoms with van der Waals surface area (Å²) in [7, 11) is 1.67. The minimum Gasteiger partial charge on any atom is -0.397 e. The SMILES string of the molecule is COCCn1cc(Nc2ccc(N)cn2)cn1. The summed E-state index contributed by atoms with van der Waals surface area (Å²) >= 11 is 0. The maximum Gasteiger partial charge on any atom is 0.130 e. The van der Waals surface area contributed by atoms with Gasteiger partial charge in [-0.15, -0.1) is 0 Å². The molecule has 2 aromatic heterocycles. The number of hydrogen-bond donors (Lipinski definition) is 2. The molecule has 0 aliphatic rings. The van der Waals surface area contributed by atoms with Gasteiger partial charge < -0.3 is 15.8 Å². The molecular weight excluding hydrogens is 218 g/mol. The Labute approximate surface area is 99.4 Å². The zero-order valence-corrected chi connectivity index (χ0v) is 9.63. The van der Waals surface area contributed by atoms with Crippen LogP contribution in [0.5, 0.6) is 0 Å². The Hall–Kier alpha value is -2.08. The second-order valence-electron chi connectivity index (χ2n) is 3.59. The van der Waals surface area contributed by atoms with Crippen LogP contribution < -0.4 is 11.1 Å². The van der Waals surface area contributed by atoms with Crippen LogP contribution >= 0.6 is 0 Å². The molecule has 0 aliphatic carbocycles. The van der Waals surface area contributed by atoms with Crippen LogP contribution in [0.1, 0.15) is 0 Å². The Morgan fingerprint density at radius 2 is 2.29 bits per heavy atom. The topological polar surface area (TPSA) is 78.0 Å². The Kier molecular flexibility index (Phi) is 3.56. The largest absolute Gasteiger partial charge is 0.397 e. The summed E-state index contributed by atoms with van der Waals surface area (Å²) in [6.45, 7) is 1.37. The number of nitrogens with zero attached hydrogens (tertiary/aromatic N) is 3. The van der Waals surface area contributed by atoms with Gasteiger partial charge in [0.25, 0.3) is 0 Å². The molecule has 0 aliphatic heterocycles. The number of pyridine rings is 1. The highest BCUT2D eigenvalue weighted by Crippen LogP contribution is 2.13. The molecule has 0 bridgehead atoms. The smallest absolute Gasteiger partial charge is 0.130 e. The number of anilines is 3. The molecule has 2 heterocycles. The van der Waals surface area contributed by atoms with Crippen molar-refractivity contribution in [3.05, 3.63) is 30.7 Å². The van der Waals surface area contributed by atoms with Gasteiger partial charge in [0.05, 0.1) is 36.9 Å². The molecule has 0 radical (unpaired) electrons. The van der Waals surface area contributed by atoms with Crippen LogP contribution in [0, 0.1) is 0 Å². The van der Waals surface area contributed by atoms with Gasteiger partial charge in [0, 0.05) is 13.3 Å². The maximum atomic E-state index is 5.56. The monoisotopic (exact) mass is 233 g/mol. The molecule has 0 amide bonds. The van der Waals surface area contributed by atoms with Gasteiger partial charge in [-0.05, 0) is 12.1 Å². The van der Waals surface area contributed by atoms with Gasteiger partial charge in [0.1, 0.15) is 5.82 Å². The van der Waals surface area contributed by atoms with E-state index < -0.39 is 0 Å². The van der Waals surface area contributed by atoms with E-state index in [4.69, 9.17) is 10.5 Å². The van der Waals surface area contributed by atoms with Crippen molar-refractivity contribution in [2.45, 2.75) is 6.54 Å². The summed E-state index contributed by atoms with van der Waals surface area (Å²) in [5, 5.41) is 7.33. The summed E-state index contributed by atoms with van der Waals surface area (Å²) in [6.07, 6.45) is 5.25. The number of nitrogens with two attached hydrogens (primary N) is 1. The molecule has 0 unspecified atom stereocenters. The molecule has 0 aromatic carbocycles. The molecule has 90 valence electrons. The van der Waals surface area contributed by atoms with Crippen LogP contribution in [0.3, 0.4) is 0 Å². The van der Waals surface area contributed by atoms with Crippen LogP contribution in [0.25, 0.3) is 0 Å². The molecule has 2 aromatic rings. The predicted molar refractivity (Wildman–Crippen MR) is 66.0 cm³/mol. The van der Waals surface area contributed by atoms with Gasteiger partial charge in [0.15, 0.2) is 0 Å². The lowest BCUT2D eigenvalue weighted by atomic mass is 10.4. The van der Waals surface area contributed by atoms with Crippen LogP contribution in [0.15, 0.2) is 30.7 Å². The van der Waals surface area contributed by atoms with E-state index in [1.165, 1.54) is 0 Å². The third-order valence-corrected chi connectivity index (χ3v) is 2.22. The van der Waals surface area contributed by atoms with E-state index >= 15 is 0 Å². The first kappa shape index (κ1) is 11.4. The third kappa shape index (κ3) is 3.18. The second-order valence-corrected chi connectivity index (χ2v) is 3.59. The Bertz CT molecular complexity index is 465. The molecule has 0 atom stereocenters. The highest BCUT2D eigenvalue weighted by molar-refractivity contribution is 5.55. The molecule has 17 heavy (non-hydrogen) atoms. The van der Waals surface area contributed by atoms with Crippen LogP contribution in [0.4, 0.5) is 17.2 Å². The van der Waals surface area contributed by atoms with Gasteiger partial charge >= 0.3 is 0 Å². The fraction of sp³-hybridized carbons (Fsp3) is 0.273. The van der Waals surface area contributed by atoms with Gasteiger partial charge in [-0.3, -0.25) is 4.68 Å². The lowest BCUT2D eigenvalue weighted by Crippen LogP contribution is -2.03. The van der Waals surface area contributed by atoms with Crippen molar-refractivity contribution in [2.75, 3.05) is 24.8 Å². The first-order valence-corrected chi connectivity index (χ1v) is 5.28. The van der Waals surface area contributed by atoms with E-state index in [1.807, 2.05) is 16.9 Å². The maximum absolute atomic E-state index is 5.56. The van der Waals surface area contributed by atoms with E-state index in [9.17, 15) is 0 Å². The predicted octanol–water partition coefficient (Wildman–Crippen LogP) is 1.25. The molecule has 0 saturated heterocycles. The summed E-state index contributed by atoms with van der Waals surface area (Å²) in [5.74, 6) is 0.741. The zero-order valence-electron chi connectivity index (χ0n) is 9.63. The van der Waals surface area contributed by atoms with Crippen LogP contribution in [-0.4, -0.2) is 28.5 Å². The Morgan fingerprint density at radius 3 is 3.00 bits per heavy atom. The molecule has 0 fully saturated rings. The highest BCUT2D eigenvalue weighted by atomic mass is 16.5. The van der Waals surface area contributed by atoms with Gasteiger partial charge in [-0.25, -0.2) is 4.98 Å². The van der Waals surface area contributed by atoms with E-state index in [1.54, 1.807) is 25.6 Å². The summed E-state index contributed by atoms with van der Waals surface area (Å²) in [6, 6.07) is 3.62. The molecule has 3 N–H and O–H groups in total. The van der Waals surface area contributed by atoms with Crippen molar-refractivity contribution in [3.63, 3.8) is 0 Å².